The van der Waals surface area contributed by atoms with Crippen LogP contribution in [0.4, 0.5) is 0 Å². The normalized spacial score (nSPS) is 17.3. The molecule has 1 saturated heterocycles. The molecule has 1 aromatic rings. The summed E-state index contributed by atoms with van der Waals surface area (Å²) in [6, 6.07) is 8.63. The van der Waals surface area contributed by atoms with Crippen LogP contribution in [0.25, 0.3) is 0 Å². The maximum absolute atomic E-state index is 3.47. The number of likely N-dealkylation sites (tertiary alicyclic amines) is 1. The number of hydrogen-bond donors (Lipinski definition) is 0. The van der Waals surface area contributed by atoms with E-state index in [4.69, 9.17) is 0 Å². The molecule has 0 N–H and O–H groups in total. The fourth-order valence-corrected chi connectivity index (χ4v) is 2.74. The van der Waals surface area contributed by atoms with Crippen LogP contribution in [0.2, 0.25) is 0 Å². The molecule has 1 heterocycles. The molecule has 0 aromatic heterocycles. The van der Waals surface area contributed by atoms with E-state index < -0.39 is 0 Å². The van der Waals surface area contributed by atoms with Crippen molar-refractivity contribution in [1.29, 1.82) is 0 Å². The molecule has 0 unspecified atom stereocenters. The number of hydrogen-bond acceptors (Lipinski definition) is 2. The van der Waals surface area contributed by atoms with Crippen molar-refractivity contribution in [3.63, 3.8) is 0 Å². The summed E-state index contributed by atoms with van der Waals surface area (Å²) in [5.74, 6) is 0. The third-order valence-electron chi connectivity index (χ3n) is 3.61. The molecule has 0 radical (unpaired) electrons. The van der Waals surface area contributed by atoms with Gasteiger partial charge in [0.1, 0.15) is 0 Å². The van der Waals surface area contributed by atoms with Gasteiger partial charge in [0, 0.05) is 24.1 Å². The minimum Gasteiger partial charge on any atom is -0.302 e. The van der Waals surface area contributed by atoms with E-state index >= 15 is 0 Å². The van der Waals surface area contributed by atoms with Gasteiger partial charge < -0.3 is 9.80 Å². The van der Waals surface area contributed by atoms with Crippen molar-refractivity contribution in [2.24, 2.45) is 0 Å². The van der Waals surface area contributed by atoms with E-state index in [9.17, 15) is 0 Å². The number of rotatable bonds is 5. The average Bonchev–Trinajstić information content (AvgIpc) is 2.40. The van der Waals surface area contributed by atoms with E-state index in [-0.39, 0.29) is 0 Å². The summed E-state index contributed by atoms with van der Waals surface area (Å²) < 4.78 is 1.15. The largest absolute Gasteiger partial charge is 0.302 e. The first-order chi connectivity index (χ1) is 8.74. The highest BCUT2D eigenvalue weighted by Gasteiger charge is 2.10. The molecule has 18 heavy (non-hydrogen) atoms. The predicted molar refractivity (Wildman–Crippen MR) is 80.8 cm³/mol. The summed E-state index contributed by atoms with van der Waals surface area (Å²) >= 11 is 3.47. The van der Waals surface area contributed by atoms with Crippen LogP contribution < -0.4 is 0 Å². The first-order valence-electron chi connectivity index (χ1n) is 6.89. The van der Waals surface area contributed by atoms with Crippen LogP contribution in [-0.4, -0.2) is 43.0 Å². The first-order valence-corrected chi connectivity index (χ1v) is 7.69. The van der Waals surface area contributed by atoms with Crippen molar-refractivity contribution in [3.8, 4) is 0 Å². The minimum absolute atomic E-state index is 1.04. The number of benzene rings is 1. The Kier molecular flexibility index (Phi) is 5.67. The zero-order valence-electron chi connectivity index (χ0n) is 11.2. The Bertz CT molecular complexity index is 344. The van der Waals surface area contributed by atoms with Crippen molar-refractivity contribution in [1.82, 2.24) is 9.80 Å². The molecule has 100 valence electrons. The molecular weight excluding hydrogens is 288 g/mol. The molecule has 2 nitrogen and oxygen atoms in total. The highest BCUT2D eigenvalue weighted by Crippen LogP contribution is 2.12. The zero-order chi connectivity index (χ0) is 12.8. The van der Waals surface area contributed by atoms with Gasteiger partial charge in [0.25, 0.3) is 0 Å². The fraction of sp³-hybridized carbons (Fsp3) is 0.600. The van der Waals surface area contributed by atoms with Crippen molar-refractivity contribution < 1.29 is 0 Å². The molecule has 0 aliphatic carbocycles. The van der Waals surface area contributed by atoms with E-state index in [0.29, 0.717) is 0 Å². The standard InChI is InChI=1S/C15H23BrN2/c1-17(11-12-18-9-3-2-4-10-18)13-14-5-7-15(16)8-6-14/h5-8H,2-4,9-13H2,1H3. The third-order valence-corrected chi connectivity index (χ3v) is 4.14. The number of piperidine rings is 1. The molecule has 0 spiro atoms. The van der Waals surface area contributed by atoms with E-state index in [2.05, 4.69) is 57.0 Å². The molecular formula is C15H23BrN2. The quantitative estimate of drug-likeness (QED) is 0.823. The van der Waals surface area contributed by atoms with Crippen LogP contribution in [0.1, 0.15) is 24.8 Å². The van der Waals surface area contributed by atoms with Gasteiger partial charge in [-0.05, 0) is 50.7 Å². The Morgan fingerprint density at radius 3 is 2.44 bits per heavy atom. The van der Waals surface area contributed by atoms with E-state index in [1.165, 1.54) is 44.5 Å². The third kappa shape index (κ3) is 4.71. The topological polar surface area (TPSA) is 6.48 Å². The smallest absolute Gasteiger partial charge is 0.0231 e. The first kappa shape index (κ1) is 14.0. The maximum Gasteiger partial charge on any atom is 0.0231 e. The fourth-order valence-electron chi connectivity index (χ4n) is 2.48. The second-order valence-corrected chi connectivity index (χ2v) is 6.18. The van der Waals surface area contributed by atoms with Crippen LogP contribution in [-0.2, 0) is 6.54 Å². The summed E-state index contributed by atoms with van der Waals surface area (Å²) in [5.41, 5.74) is 1.39. The molecule has 1 aliphatic heterocycles. The SMILES string of the molecule is CN(CCN1CCCCC1)Cc1ccc(Br)cc1. The minimum atomic E-state index is 1.04. The number of likely N-dealkylation sites (N-methyl/N-ethyl adjacent to an activating group) is 1. The van der Waals surface area contributed by atoms with Gasteiger partial charge >= 0.3 is 0 Å². The van der Waals surface area contributed by atoms with Crippen LogP contribution in [0.5, 0.6) is 0 Å². The van der Waals surface area contributed by atoms with Gasteiger partial charge in [-0.3, -0.25) is 0 Å². The predicted octanol–water partition coefficient (Wildman–Crippen LogP) is 3.37. The molecule has 0 atom stereocenters. The monoisotopic (exact) mass is 310 g/mol. The van der Waals surface area contributed by atoms with Gasteiger partial charge in [0.15, 0.2) is 0 Å². The summed E-state index contributed by atoms with van der Waals surface area (Å²) in [6.07, 6.45) is 4.19. The Morgan fingerprint density at radius 1 is 1.11 bits per heavy atom. The highest BCUT2D eigenvalue weighted by molar-refractivity contribution is 9.10. The van der Waals surface area contributed by atoms with Gasteiger partial charge in [-0.15, -0.1) is 0 Å². The zero-order valence-corrected chi connectivity index (χ0v) is 12.8. The Hall–Kier alpha value is -0.380. The summed E-state index contributed by atoms with van der Waals surface area (Å²) in [6.45, 7) is 6.02. The molecule has 0 amide bonds. The lowest BCUT2D eigenvalue weighted by Gasteiger charge is -2.28. The number of nitrogens with zero attached hydrogens (tertiary/aromatic N) is 2. The van der Waals surface area contributed by atoms with E-state index in [0.717, 1.165) is 17.6 Å². The molecule has 1 fully saturated rings. The van der Waals surface area contributed by atoms with Gasteiger partial charge in [-0.25, -0.2) is 0 Å². The molecule has 0 saturated carbocycles. The summed E-state index contributed by atoms with van der Waals surface area (Å²) in [7, 11) is 2.21. The number of halogens is 1. The molecule has 1 aliphatic rings. The molecule has 0 bridgehead atoms. The Balaban J connectivity index is 1.71. The van der Waals surface area contributed by atoms with Crippen molar-refractivity contribution in [2.75, 3.05) is 33.2 Å². The second-order valence-electron chi connectivity index (χ2n) is 5.27. The highest BCUT2D eigenvalue weighted by atomic mass is 79.9. The summed E-state index contributed by atoms with van der Waals surface area (Å²) in [4.78, 5) is 5.01. The van der Waals surface area contributed by atoms with Crippen molar-refractivity contribution >= 4 is 15.9 Å². The lowest BCUT2D eigenvalue weighted by Crippen LogP contribution is -2.36. The van der Waals surface area contributed by atoms with Gasteiger partial charge in [0.05, 0.1) is 0 Å². The van der Waals surface area contributed by atoms with Crippen LogP contribution >= 0.6 is 15.9 Å². The molecule has 2 rings (SSSR count). The molecule has 3 heteroatoms. The lowest BCUT2D eigenvalue weighted by molar-refractivity contribution is 0.194. The van der Waals surface area contributed by atoms with Crippen LogP contribution in [0.15, 0.2) is 28.7 Å². The van der Waals surface area contributed by atoms with E-state index in [1.807, 2.05) is 0 Å². The van der Waals surface area contributed by atoms with Gasteiger partial charge in [-0.1, -0.05) is 34.5 Å². The molecule has 1 aromatic carbocycles. The Morgan fingerprint density at radius 2 is 1.78 bits per heavy atom. The second kappa shape index (κ2) is 7.27. The van der Waals surface area contributed by atoms with Gasteiger partial charge in [0.2, 0.25) is 0 Å². The lowest BCUT2D eigenvalue weighted by atomic mass is 10.1. The van der Waals surface area contributed by atoms with Crippen LogP contribution in [0.3, 0.4) is 0 Å². The average molecular weight is 311 g/mol. The van der Waals surface area contributed by atoms with Crippen LogP contribution in [0, 0.1) is 0 Å². The Labute approximate surface area is 119 Å². The van der Waals surface area contributed by atoms with Crippen molar-refractivity contribution in [3.05, 3.63) is 34.3 Å². The maximum atomic E-state index is 3.47. The summed E-state index contributed by atoms with van der Waals surface area (Å²) in [5, 5.41) is 0. The van der Waals surface area contributed by atoms with E-state index in [1.54, 1.807) is 0 Å². The van der Waals surface area contributed by atoms with Gasteiger partial charge in [-0.2, -0.15) is 0 Å². The van der Waals surface area contributed by atoms with Crippen molar-refractivity contribution in [2.45, 2.75) is 25.8 Å².